The van der Waals surface area contributed by atoms with Crippen LogP contribution in [0.1, 0.15) is 44.1 Å². The average Bonchev–Trinajstić information content (AvgIpc) is 3.21. The molecule has 4 aromatic rings. The van der Waals surface area contributed by atoms with Crippen molar-refractivity contribution in [1.82, 2.24) is 9.55 Å². The Morgan fingerprint density at radius 2 is 1.70 bits per heavy atom. The van der Waals surface area contributed by atoms with Crippen LogP contribution in [0.2, 0.25) is 0 Å². The van der Waals surface area contributed by atoms with Gasteiger partial charge in [0.2, 0.25) is 0 Å². The molecule has 1 aromatic heterocycles. The van der Waals surface area contributed by atoms with Crippen molar-refractivity contribution in [2.45, 2.75) is 45.1 Å². The van der Waals surface area contributed by atoms with Crippen LogP contribution in [-0.2, 0) is 6.54 Å². The van der Waals surface area contributed by atoms with E-state index in [1.165, 1.54) is 44.2 Å². The van der Waals surface area contributed by atoms with Crippen LogP contribution < -0.4 is 10.5 Å². The summed E-state index contributed by atoms with van der Waals surface area (Å²) in [5.74, 6) is 2.24. The first-order chi connectivity index (χ1) is 16.2. The summed E-state index contributed by atoms with van der Waals surface area (Å²) in [6.07, 6.45) is 7.97. The van der Waals surface area contributed by atoms with E-state index in [0.717, 1.165) is 52.7 Å². The Labute approximate surface area is 194 Å². The third-order valence-electron chi connectivity index (χ3n) is 6.70. The lowest BCUT2D eigenvalue weighted by molar-refractivity contribution is 0.246. The van der Waals surface area contributed by atoms with E-state index in [2.05, 4.69) is 16.7 Å². The average molecular weight is 444 g/mol. The number of rotatable bonds is 7. The fraction of sp³-hybridized carbons (Fsp3) is 0.321. The molecule has 5 rings (SSSR count). The molecule has 0 amide bonds. The Morgan fingerprint density at radius 3 is 2.45 bits per heavy atom. The zero-order chi connectivity index (χ0) is 22.6. The molecular formula is C28H30FN3O. The Morgan fingerprint density at radius 1 is 0.939 bits per heavy atom. The number of nitrogens with two attached hydrogens (primary N) is 1. The smallest absolute Gasteiger partial charge is 0.141 e. The highest BCUT2D eigenvalue weighted by atomic mass is 19.1. The number of hydrogen-bond acceptors (Lipinski definition) is 3. The second kappa shape index (κ2) is 9.65. The van der Waals surface area contributed by atoms with Crippen molar-refractivity contribution in [2.75, 3.05) is 12.3 Å². The van der Waals surface area contributed by atoms with Gasteiger partial charge in [0.25, 0.3) is 0 Å². The fourth-order valence-electron chi connectivity index (χ4n) is 4.84. The zero-order valence-corrected chi connectivity index (χ0v) is 18.8. The maximum absolute atomic E-state index is 13.5. The normalized spacial score (nSPS) is 14.6. The van der Waals surface area contributed by atoms with E-state index in [9.17, 15) is 4.39 Å². The highest BCUT2D eigenvalue weighted by molar-refractivity contribution is 5.90. The van der Waals surface area contributed by atoms with Crippen molar-refractivity contribution < 1.29 is 9.13 Å². The fourth-order valence-corrected chi connectivity index (χ4v) is 4.84. The lowest BCUT2D eigenvalue weighted by Gasteiger charge is -2.21. The van der Waals surface area contributed by atoms with Crippen molar-refractivity contribution in [3.05, 3.63) is 78.1 Å². The molecule has 0 radical (unpaired) electrons. The van der Waals surface area contributed by atoms with Crippen molar-refractivity contribution in [2.24, 2.45) is 5.92 Å². The van der Waals surface area contributed by atoms with E-state index in [-0.39, 0.29) is 5.82 Å². The molecule has 5 heteroatoms. The predicted molar refractivity (Wildman–Crippen MR) is 132 cm³/mol. The van der Waals surface area contributed by atoms with E-state index in [1.54, 1.807) is 12.1 Å². The largest absolute Gasteiger partial charge is 0.494 e. The van der Waals surface area contributed by atoms with Crippen molar-refractivity contribution in [1.29, 1.82) is 0 Å². The molecule has 4 nitrogen and oxygen atoms in total. The van der Waals surface area contributed by atoms with Gasteiger partial charge in [0.15, 0.2) is 0 Å². The third kappa shape index (κ3) is 4.87. The van der Waals surface area contributed by atoms with E-state index >= 15 is 0 Å². The van der Waals surface area contributed by atoms with Gasteiger partial charge in [-0.05, 0) is 66.4 Å². The summed E-state index contributed by atoms with van der Waals surface area (Å²) >= 11 is 0. The van der Waals surface area contributed by atoms with E-state index in [0.29, 0.717) is 12.2 Å². The quantitative estimate of drug-likeness (QED) is 0.319. The first-order valence-corrected chi connectivity index (χ1v) is 11.9. The number of ether oxygens (including phenoxy) is 1. The molecule has 0 aliphatic heterocycles. The summed E-state index contributed by atoms with van der Waals surface area (Å²) in [7, 11) is 0. The molecule has 0 atom stereocenters. The molecule has 0 spiro atoms. The van der Waals surface area contributed by atoms with Crippen LogP contribution in [0, 0.1) is 11.7 Å². The molecule has 0 bridgehead atoms. The van der Waals surface area contributed by atoms with Crippen molar-refractivity contribution >= 4 is 16.7 Å². The Kier molecular flexibility index (Phi) is 6.29. The summed E-state index contributed by atoms with van der Waals surface area (Å²) in [5, 5.41) is 0. The molecule has 33 heavy (non-hydrogen) atoms. The van der Waals surface area contributed by atoms with Crippen LogP contribution in [0.15, 0.2) is 66.7 Å². The molecule has 0 unspecified atom stereocenters. The van der Waals surface area contributed by atoms with Gasteiger partial charge in [-0.1, -0.05) is 50.3 Å². The molecular weight excluding hydrogens is 413 g/mol. The monoisotopic (exact) mass is 443 g/mol. The molecule has 1 aliphatic rings. The van der Waals surface area contributed by atoms with Crippen LogP contribution in [0.5, 0.6) is 5.75 Å². The molecule has 1 fully saturated rings. The summed E-state index contributed by atoms with van der Waals surface area (Å²) in [6.45, 7) is 1.42. The number of anilines is 1. The molecule has 2 N–H and O–H groups in total. The van der Waals surface area contributed by atoms with Gasteiger partial charge in [0, 0.05) is 12.1 Å². The number of benzene rings is 3. The number of fused-ring (bicyclic) bond motifs is 1. The first-order valence-electron chi connectivity index (χ1n) is 11.9. The van der Waals surface area contributed by atoms with Crippen LogP contribution in [-0.4, -0.2) is 16.2 Å². The number of aromatic nitrogens is 2. The number of imidazole rings is 1. The van der Waals surface area contributed by atoms with E-state index in [1.807, 2.05) is 30.3 Å². The molecule has 1 saturated carbocycles. The van der Waals surface area contributed by atoms with E-state index < -0.39 is 0 Å². The summed E-state index contributed by atoms with van der Waals surface area (Å²) in [5.41, 5.74) is 10.6. The van der Waals surface area contributed by atoms with Gasteiger partial charge >= 0.3 is 0 Å². The molecule has 170 valence electrons. The van der Waals surface area contributed by atoms with Gasteiger partial charge in [0.05, 0.1) is 17.8 Å². The number of halogens is 1. The first kappa shape index (κ1) is 21.5. The van der Waals surface area contributed by atoms with Gasteiger partial charge in [-0.2, -0.15) is 0 Å². The Hall–Kier alpha value is -3.34. The maximum Gasteiger partial charge on any atom is 0.141 e. The highest BCUT2D eigenvalue weighted by Gasteiger charge is 2.16. The second-order valence-electron chi connectivity index (χ2n) is 9.03. The molecule has 3 aromatic carbocycles. The van der Waals surface area contributed by atoms with Crippen molar-refractivity contribution in [3.8, 4) is 17.1 Å². The molecule has 1 aliphatic carbocycles. The second-order valence-corrected chi connectivity index (χ2v) is 9.03. The highest BCUT2D eigenvalue weighted by Crippen LogP contribution is 2.30. The third-order valence-corrected chi connectivity index (χ3v) is 6.70. The minimum Gasteiger partial charge on any atom is -0.494 e. The summed E-state index contributed by atoms with van der Waals surface area (Å²) in [6, 6.07) is 20.5. The Bertz CT molecular complexity index is 1210. The van der Waals surface area contributed by atoms with Gasteiger partial charge in [0.1, 0.15) is 22.9 Å². The van der Waals surface area contributed by atoms with Gasteiger partial charge < -0.3 is 15.0 Å². The van der Waals surface area contributed by atoms with Crippen LogP contribution in [0.4, 0.5) is 10.1 Å². The van der Waals surface area contributed by atoms with Crippen LogP contribution in [0.25, 0.3) is 22.4 Å². The van der Waals surface area contributed by atoms with Crippen LogP contribution in [0.3, 0.4) is 0 Å². The maximum atomic E-state index is 13.5. The molecule has 0 saturated heterocycles. The number of hydrogen-bond donors (Lipinski definition) is 1. The van der Waals surface area contributed by atoms with Crippen LogP contribution >= 0.6 is 0 Å². The Balaban J connectivity index is 1.34. The number of para-hydroxylation sites is 1. The van der Waals surface area contributed by atoms with Gasteiger partial charge in [-0.15, -0.1) is 0 Å². The minimum absolute atomic E-state index is 0.264. The van der Waals surface area contributed by atoms with Gasteiger partial charge in [-0.25, -0.2) is 9.37 Å². The summed E-state index contributed by atoms with van der Waals surface area (Å²) < 4.78 is 21.6. The SMILES string of the molecule is Nc1cccc2c1nc(-c1ccc(F)cc1)n2Cc1ccc(OCCC2CCCCC2)cc1. The topological polar surface area (TPSA) is 53.1 Å². The lowest BCUT2D eigenvalue weighted by Crippen LogP contribution is -2.10. The number of nitrogens with zero attached hydrogens (tertiary/aromatic N) is 2. The van der Waals surface area contributed by atoms with Gasteiger partial charge in [-0.3, -0.25) is 0 Å². The number of nitrogen functional groups attached to an aromatic ring is 1. The lowest BCUT2D eigenvalue weighted by atomic mass is 9.87. The molecule has 1 heterocycles. The summed E-state index contributed by atoms with van der Waals surface area (Å²) in [4.78, 5) is 4.80. The zero-order valence-electron chi connectivity index (χ0n) is 18.8. The van der Waals surface area contributed by atoms with E-state index in [4.69, 9.17) is 15.5 Å². The van der Waals surface area contributed by atoms with Crippen molar-refractivity contribution in [3.63, 3.8) is 0 Å². The predicted octanol–water partition coefficient (Wildman–Crippen LogP) is 6.82. The minimum atomic E-state index is -0.264. The standard InChI is InChI=1S/C28H30FN3O/c29-23-13-11-22(12-14-23)28-31-27-25(30)7-4-8-26(27)32(28)19-21-9-15-24(16-10-21)33-18-17-20-5-2-1-3-6-20/h4,7-16,20H,1-3,5-6,17-19,30H2.